The fourth-order valence-electron chi connectivity index (χ4n) is 1.70. The molecule has 104 valence electrons. The van der Waals surface area contributed by atoms with Crippen LogP contribution in [0.15, 0.2) is 48.5 Å². The number of carbonyl (C=O) groups is 1. The van der Waals surface area contributed by atoms with Crippen LogP contribution in [0.4, 0.5) is 8.78 Å². The van der Waals surface area contributed by atoms with Crippen molar-refractivity contribution in [3.63, 3.8) is 0 Å². The highest BCUT2D eigenvalue weighted by molar-refractivity contribution is 7.99. The third kappa shape index (κ3) is 3.19. The maximum Gasteiger partial charge on any atom is 0.319 e. The van der Waals surface area contributed by atoms with E-state index in [4.69, 9.17) is 11.6 Å². The molecule has 0 bridgehead atoms. The Morgan fingerprint density at radius 1 is 1.00 bits per heavy atom. The van der Waals surface area contributed by atoms with Gasteiger partial charge in [0.2, 0.25) is 0 Å². The third-order valence-electron chi connectivity index (χ3n) is 2.85. The SMILES string of the molecule is CSC(F)(F)c1ccc(C(=O)c2ccc(Cl)cc2)cc1. The van der Waals surface area contributed by atoms with Gasteiger partial charge in [0, 0.05) is 21.7 Å². The number of carbonyl (C=O) groups excluding carboxylic acids is 1. The van der Waals surface area contributed by atoms with Crippen LogP contribution < -0.4 is 0 Å². The smallest absolute Gasteiger partial charge is 0.289 e. The molecule has 2 aromatic rings. The lowest BCUT2D eigenvalue weighted by Crippen LogP contribution is -2.08. The molecule has 0 aliphatic rings. The minimum Gasteiger partial charge on any atom is -0.289 e. The number of thioether (sulfide) groups is 1. The van der Waals surface area contributed by atoms with Gasteiger partial charge in [0.05, 0.1) is 0 Å². The van der Waals surface area contributed by atoms with E-state index in [1.165, 1.54) is 30.5 Å². The van der Waals surface area contributed by atoms with Crippen molar-refractivity contribution < 1.29 is 13.6 Å². The summed E-state index contributed by atoms with van der Waals surface area (Å²) in [5.41, 5.74) is 0.726. The van der Waals surface area contributed by atoms with Crippen LogP contribution in [0.2, 0.25) is 5.02 Å². The molecule has 0 saturated heterocycles. The summed E-state index contributed by atoms with van der Waals surface area (Å²) in [6, 6.07) is 11.8. The van der Waals surface area contributed by atoms with Gasteiger partial charge in [-0.15, -0.1) is 0 Å². The molecular weight excluding hydrogens is 302 g/mol. The lowest BCUT2D eigenvalue weighted by atomic mass is 10.0. The van der Waals surface area contributed by atoms with Gasteiger partial charge in [-0.2, -0.15) is 8.78 Å². The van der Waals surface area contributed by atoms with Crippen molar-refractivity contribution in [1.29, 1.82) is 0 Å². The molecule has 0 saturated carbocycles. The fourth-order valence-corrected chi connectivity index (χ4v) is 2.20. The Kier molecular flexibility index (Phi) is 4.45. The summed E-state index contributed by atoms with van der Waals surface area (Å²) in [7, 11) is 0. The minimum absolute atomic E-state index is 0.113. The van der Waals surface area contributed by atoms with Crippen molar-refractivity contribution in [2.45, 2.75) is 5.25 Å². The largest absolute Gasteiger partial charge is 0.319 e. The van der Waals surface area contributed by atoms with Crippen molar-refractivity contribution in [3.8, 4) is 0 Å². The van der Waals surface area contributed by atoms with E-state index >= 15 is 0 Å². The van der Waals surface area contributed by atoms with E-state index in [9.17, 15) is 13.6 Å². The Bertz CT molecular complexity index is 609. The van der Waals surface area contributed by atoms with E-state index in [0.717, 1.165) is 0 Å². The second-order valence-electron chi connectivity index (χ2n) is 4.13. The van der Waals surface area contributed by atoms with E-state index in [2.05, 4.69) is 0 Å². The summed E-state index contributed by atoms with van der Waals surface area (Å²) in [5, 5.41) is -2.40. The molecule has 0 amide bonds. The topological polar surface area (TPSA) is 17.1 Å². The third-order valence-corrected chi connectivity index (χ3v) is 3.85. The van der Waals surface area contributed by atoms with Crippen LogP contribution in [0.3, 0.4) is 0 Å². The monoisotopic (exact) mass is 312 g/mol. The second kappa shape index (κ2) is 5.94. The van der Waals surface area contributed by atoms with E-state index in [0.29, 0.717) is 27.9 Å². The van der Waals surface area contributed by atoms with Gasteiger partial charge in [-0.3, -0.25) is 4.79 Å². The van der Waals surface area contributed by atoms with E-state index < -0.39 is 5.25 Å². The van der Waals surface area contributed by atoms with Gasteiger partial charge in [0.25, 0.3) is 0 Å². The Hall–Kier alpha value is -1.39. The van der Waals surface area contributed by atoms with Gasteiger partial charge < -0.3 is 0 Å². The fraction of sp³-hybridized carbons (Fsp3) is 0.133. The molecule has 2 rings (SSSR count). The number of alkyl halides is 2. The molecule has 0 fully saturated rings. The minimum atomic E-state index is -2.94. The first kappa shape index (κ1) is 15.0. The number of hydrogen-bond acceptors (Lipinski definition) is 2. The van der Waals surface area contributed by atoms with Crippen LogP contribution in [0.1, 0.15) is 21.5 Å². The predicted molar refractivity (Wildman–Crippen MR) is 78.7 cm³/mol. The maximum absolute atomic E-state index is 13.4. The van der Waals surface area contributed by atoms with Gasteiger partial charge in [-0.25, -0.2) is 0 Å². The molecular formula is C15H11ClF2OS. The Labute approximate surface area is 125 Å². The molecule has 2 aromatic carbocycles. The number of rotatable bonds is 4. The number of halogens is 3. The highest BCUT2D eigenvalue weighted by Gasteiger charge is 2.29. The van der Waals surface area contributed by atoms with Crippen molar-refractivity contribution in [3.05, 3.63) is 70.2 Å². The molecule has 0 radical (unpaired) electrons. The molecule has 0 aliphatic carbocycles. The lowest BCUT2D eigenvalue weighted by molar-refractivity contribution is 0.102. The Morgan fingerprint density at radius 2 is 1.45 bits per heavy atom. The van der Waals surface area contributed by atoms with Crippen LogP contribution in [-0.2, 0) is 5.25 Å². The lowest BCUT2D eigenvalue weighted by Gasteiger charge is -2.13. The van der Waals surface area contributed by atoms with Gasteiger partial charge >= 0.3 is 5.25 Å². The van der Waals surface area contributed by atoms with Gasteiger partial charge in [0.15, 0.2) is 5.78 Å². The zero-order valence-electron chi connectivity index (χ0n) is 10.6. The first-order chi connectivity index (χ1) is 9.44. The first-order valence-electron chi connectivity index (χ1n) is 5.78. The van der Waals surface area contributed by atoms with E-state index in [-0.39, 0.29) is 11.3 Å². The highest BCUT2D eigenvalue weighted by atomic mass is 35.5. The van der Waals surface area contributed by atoms with Crippen molar-refractivity contribution in [2.24, 2.45) is 0 Å². The molecule has 0 aromatic heterocycles. The van der Waals surface area contributed by atoms with E-state index in [1.807, 2.05) is 0 Å². The average molecular weight is 313 g/mol. The van der Waals surface area contributed by atoms with Crippen LogP contribution in [0.5, 0.6) is 0 Å². The molecule has 5 heteroatoms. The second-order valence-corrected chi connectivity index (χ2v) is 5.49. The van der Waals surface area contributed by atoms with Crippen LogP contribution in [-0.4, -0.2) is 12.0 Å². The summed E-state index contributed by atoms with van der Waals surface area (Å²) in [6.45, 7) is 0. The number of benzene rings is 2. The van der Waals surface area contributed by atoms with Crippen molar-refractivity contribution >= 4 is 29.1 Å². The molecule has 0 spiro atoms. The molecule has 0 atom stereocenters. The van der Waals surface area contributed by atoms with Crippen LogP contribution in [0, 0.1) is 0 Å². The average Bonchev–Trinajstić information content (AvgIpc) is 2.47. The van der Waals surface area contributed by atoms with E-state index in [1.54, 1.807) is 24.3 Å². The van der Waals surface area contributed by atoms with Gasteiger partial charge in [-0.05, 0) is 30.5 Å². The quantitative estimate of drug-likeness (QED) is 0.740. The molecule has 0 N–H and O–H groups in total. The van der Waals surface area contributed by atoms with Crippen LogP contribution >= 0.6 is 23.4 Å². The number of hydrogen-bond donors (Lipinski definition) is 0. The Morgan fingerprint density at radius 3 is 1.90 bits per heavy atom. The summed E-state index contributed by atoms with van der Waals surface area (Å²) < 4.78 is 26.9. The summed E-state index contributed by atoms with van der Waals surface area (Å²) in [4.78, 5) is 12.2. The van der Waals surface area contributed by atoms with Crippen molar-refractivity contribution in [2.75, 3.05) is 6.26 Å². The van der Waals surface area contributed by atoms with Crippen molar-refractivity contribution in [1.82, 2.24) is 0 Å². The number of ketones is 1. The maximum atomic E-state index is 13.4. The normalized spacial score (nSPS) is 11.4. The summed E-state index contributed by atoms with van der Waals surface area (Å²) >= 11 is 6.21. The van der Waals surface area contributed by atoms with Gasteiger partial charge in [-0.1, -0.05) is 47.6 Å². The highest BCUT2D eigenvalue weighted by Crippen LogP contribution is 2.37. The molecule has 1 nitrogen and oxygen atoms in total. The zero-order valence-corrected chi connectivity index (χ0v) is 12.1. The molecule has 0 heterocycles. The predicted octanol–water partition coefficient (Wildman–Crippen LogP) is 4.98. The molecule has 0 unspecified atom stereocenters. The summed E-state index contributed by atoms with van der Waals surface area (Å²) in [5.74, 6) is -0.222. The Balaban J connectivity index is 2.26. The molecule has 0 aliphatic heterocycles. The standard InChI is InChI=1S/C15H11ClF2OS/c1-20-15(17,18)12-6-2-10(3-7-12)14(19)11-4-8-13(16)9-5-11/h2-9H,1H3. The zero-order chi connectivity index (χ0) is 14.8. The van der Waals surface area contributed by atoms with Crippen LogP contribution in [0.25, 0.3) is 0 Å². The molecule has 20 heavy (non-hydrogen) atoms. The first-order valence-corrected chi connectivity index (χ1v) is 7.38. The summed E-state index contributed by atoms with van der Waals surface area (Å²) in [6.07, 6.45) is 1.34. The van der Waals surface area contributed by atoms with Gasteiger partial charge in [0.1, 0.15) is 0 Å².